The van der Waals surface area contributed by atoms with E-state index in [1.54, 1.807) is 0 Å². The number of amides is 1. The van der Waals surface area contributed by atoms with Crippen molar-refractivity contribution in [3.8, 4) is 5.75 Å². The van der Waals surface area contributed by atoms with Crippen LogP contribution in [0.1, 0.15) is 38.2 Å². The quantitative estimate of drug-likeness (QED) is 0.514. The minimum absolute atomic E-state index is 0.0294. The van der Waals surface area contributed by atoms with Crippen molar-refractivity contribution in [1.82, 2.24) is 0 Å². The third kappa shape index (κ3) is 4.05. The molecule has 0 atom stereocenters. The van der Waals surface area contributed by atoms with Gasteiger partial charge in [-0.05, 0) is 37.0 Å². The highest BCUT2D eigenvalue weighted by Crippen LogP contribution is 2.38. The maximum Gasteiger partial charge on any atom is 0.235 e. The monoisotopic (exact) mass is 403 g/mol. The maximum absolute atomic E-state index is 13.6. The van der Waals surface area contributed by atoms with Crippen molar-refractivity contribution >= 4 is 22.4 Å². The fraction of sp³-hybridized carbons (Fsp3) is 0.346. The number of rotatable bonds is 7. The Hall–Kier alpha value is -2.85. The first-order valence-corrected chi connectivity index (χ1v) is 10.8. The molecule has 1 heterocycles. The van der Waals surface area contributed by atoms with Crippen LogP contribution in [0, 0.1) is 0 Å². The van der Waals surface area contributed by atoms with Gasteiger partial charge in [0.1, 0.15) is 5.75 Å². The van der Waals surface area contributed by atoms with E-state index in [-0.39, 0.29) is 5.91 Å². The van der Waals surface area contributed by atoms with Gasteiger partial charge in [-0.1, -0.05) is 67.9 Å². The van der Waals surface area contributed by atoms with Crippen LogP contribution in [0.4, 0.5) is 5.69 Å². The van der Waals surface area contributed by atoms with Crippen molar-refractivity contribution in [2.75, 3.05) is 25.1 Å². The average Bonchev–Trinajstić information content (AvgIpc) is 2.81. The van der Waals surface area contributed by atoms with Crippen LogP contribution in [0.3, 0.4) is 0 Å². The van der Waals surface area contributed by atoms with Gasteiger partial charge in [-0.25, -0.2) is 0 Å². The Labute approximate surface area is 178 Å². The summed E-state index contributed by atoms with van der Waals surface area (Å²) in [6.45, 7) is 4.03. The largest absolute Gasteiger partial charge is 0.493 e. The van der Waals surface area contributed by atoms with Gasteiger partial charge in [0.2, 0.25) is 5.91 Å². The standard InChI is InChI=1S/C26H29NO3/c1-2-3-17-30-24-14-13-23(21-11-7-8-12-22(21)24)27-25(28)26(15-18-29-19-16-26)20-9-5-4-6-10-20/h4-14H,2-3,15-19H2,1H3,(H,27,28). The molecule has 3 aromatic rings. The van der Waals surface area contributed by atoms with Crippen LogP contribution in [0.2, 0.25) is 0 Å². The molecule has 30 heavy (non-hydrogen) atoms. The zero-order valence-electron chi connectivity index (χ0n) is 17.5. The number of unbranched alkanes of at least 4 members (excludes halogenated alkanes) is 1. The highest BCUT2D eigenvalue weighted by molar-refractivity contribution is 6.07. The molecular formula is C26H29NO3. The van der Waals surface area contributed by atoms with Gasteiger partial charge in [0.15, 0.2) is 0 Å². The molecule has 1 aliphatic rings. The number of hydrogen-bond donors (Lipinski definition) is 1. The minimum atomic E-state index is -0.573. The lowest BCUT2D eigenvalue weighted by molar-refractivity contribution is -0.125. The van der Waals surface area contributed by atoms with E-state index in [0.717, 1.165) is 40.6 Å². The summed E-state index contributed by atoms with van der Waals surface area (Å²) in [6, 6.07) is 22.1. The fourth-order valence-corrected chi connectivity index (χ4v) is 4.20. The molecule has 1 amide bonds. The summed E-state index contributed by atoms with van der Waals surface area (Å²) in [5.74, 6) is 0.891. The van der Waals surface area contributed by atoms with E-state index in [1.165, 1.54) is 0 Å². The van der Waals surface area contributed by atoms with Gasteiger partial charge >= 0.3 is 0 Å². The van der Waals surface area contributed by atoms with Crippen molar-refractivity contribution in [2.24, 2.45) is 0 Å². The van der Waals surface area contributed by atoms with E-state index in [4.69, 9.17) is 9.47 Å². The Morgan fingerprint density at radius 3 is 2.40 bits per heavy atom. The first-order chi connectivity index (χ1) is 14.7. The van der Waals surface area contributed by atoms with Crippen LogP contribution in [0.5, 0.6) is 5.75 Å². The molecule has 4 heteroatoms. The van der Waals surface area contributed by atoms with E-state index < -0.39 is 5.41 Å². The second kappa shape index (κ2) is 9.31. The second-order valence-electron chi connectivity index (χ2n) is 7.87. The van der Waals surface area contributed by atoms with Gasteiger partial charge in [-0.3, -0.25) is 4.79 Å². The van der Waals surface area contributed by atoms with Crippen LogP contribution in [0.15, 0.2) is 66.7 Å². The molecule has 3 aromatic carbocycles. The Morgan fingerprint density at radius 1 is 0.967 bits per heavy atom. The summed E-state index contributed by atoms with van der Waals surface area (Å²) in [6.07, 6.45) is 3.48. The summed E-state index contributed by atoms with van der Waals surface area (Å²) >= 11 is 0. The molecular weight excluding hydrogens is 374 g/mol. The number of nitrogens with one attached hydrogen (secondary N) is 1. The lowest BCUT2D eigenvalue weighted by atomic mass is 9.73. The van der Waals surface area contributed by atoms with E-state index >= 15 is 0 Å². The van der Waals surface area contributed by atoms with Crippen molar-refractivity contribution in [2.45, 2.75) is 38.0 Å². The van der Waals surface area contributed by atoms with E-state index in [1.807, 2.05) is 66.7 Å². The zero-order chi connectivity index (χ0) is 20.8. The predicted molar refractivity (Wildman–Crippen MR) is 121 cm³/mol. The summed E-state index contributed by atoms with van der Waals surface area (Å²) < 4.78 is 11.6. The lowest BCUT2D eigenvalue weighted by Crippen LogP contribution is -2.44. The number of carbonyl (C=O) groups is 1. The van der Waals surface area contributed by atoms with Gasteiger partial charge in [-0.2, -0.15) is 0 Å². The van der Waals surface area contributed by atoms with Gasteiger partial charge < -0.3 is 14.8 Å². The van der Waals surface area contributed by atoms with Gasteiger partial charge in [0.25, 0.3) is 0 Å². The highest BCUT2D eigenvalue weighted by atomic mass is 16.5. The molecule has 0 bridgehead atoms. The summed E-state index contributed by atoms with van der Waals surface area (Å²) in [7, 11) is 0. The van der Waals surface area contributed by atoms with Gasteiger partial charge in [-0.15, -0.1) is 0 Å². The molecule has 156 valence electrons. The Morgan fingerprint density at radius 2 is 1.67 bits per heavy atom. The third-order valence-corrected chi connectivity index (χ3v) is 6.00. The van der Waals surface area contributed by atoms with E-state index in [2.05, 4.69) is 12.2 Å². The number of anilines is 1. The molecule has 0 saturated carbocycles. The number of fused-ring (bicyclic) bond motifs is 1. The number of benzene rings is 3. The molecule has 1 saturated heterocycles. The summed E-state index contributed by atoms with van der Waals surface area (Å²) in [5.41, 5.74) is 1.30. The SMILES string of the molecule is CCCCOc1ccc(NC(=O)C2(c3ccccc3)CCOCC2)c2ccccc12. The number of ether oxygens (including phenoxy) is 2. The third-order valence-electron chi connectivity index (χ3n) is 6.00. The topological polar surface area (TPSA) is 47.6 Å². The summed E-state index contributed by atoms with van der Waals surface area (Å²) in [5, 5.41) is 5.25. The first kappa shape index (κ1) is 20.4. The molecule has 4 rings (SSSR count). The van der Waals surface area contributed by atoms with Gasteiger partial charge in [0.05, 0.1) is 12.0 Å². The minimum Gasteiger partial charge on any atom is -0.493 e. The van der Waals surface area contributed by atoms with Crippen molar-refractivity contribution < 1.29 is 14.3 Å². The van der Waals surface area contributed by atoms with Crippen LogP contribution in [-0.4, -0.2) is 25.7 Å². The molecule has 1 aliphatic heterocycles. The van der Waals surface area contributed by atoms with Crippen LogP contribution >= 0.6 is 0 Å². The molecule has 0 aliphatic carbocycles. The normalized spacial score (nSPS) is 15.6. The number of carbonyl (C=O) groups excluding carboxylic acids is 1. The van der Waals surface area contributed by atoms with E-state index in [9.17, 15) is 4.79 Å². The maximum atomic E-state index is 13.6. The predicted octanol–water partition coefficient (Wildman–Crippen LogP) is 5.71. The molecule has 4 nitrogen and oxygen atoms in total. The first-order valence-electron chi connectivity index (χ1n) is 10.8. The lowest BCUT2D eigenvalue weighted by Gasteiger charge is -2.36. The zero-order valence-corrected chi connectivity index (χ0v) is 17.5. The smallest absolute Gasteiger partial charge is 0.235 e. The molecule has 0 aromatic heterocycles. The molecule has 0 spiro atoms. The van der Waals surface area contributed by atoms with Gasteiger partial charge in [0, 0.05) is 29.7 Å². The second-order valence-corrected chi connectivity index (χ2v) is 7.87. The summed E-state index contributed by atoms with van der Waals surface area (Å²) in [4.78, 5) is 13.6. The molecule has 0 radical (unpaired) electrons. The Bertz CT molecular complexity index is 994. The van der Waals surface area contributed by atoms with E-state index in [0.29, 0.717) is 32.7 Å². The highest BCUT2D eigenvalue weighted by Gasteiger charge is 2.41. The Kier molecular flexibility index (Phi) is 6.34. The fourth-order valence-electron chi connectivity index (χ4n) is 4.20. The van der Waals surface area contributed by atoms with Crippen molar-refractivity contribution in [3.63, 3.8) is 0 Å². The number of hydrogen-bond acceptors (Lipinski definition) is 3. The average molecular weight is 404 g/mol. The van der Waals surface area contributed by atoms with Crippen LogP contribution in [0.25, 0.3) is 10.8 Å². The molecule has 1 N–H and O–H groups in total. The molecule has 1 fully saturated rings. The Balaban J connectivity index is 1.66. The van der Waals surface area contributed by atoms with Crippen LogP contribution < -0.4 is 10.1 Å². The van der Waals surface area contributed by atoms with Crippen molar-refractivity contribution in [1.29, 1.82) is 0 Å². The molecule has 0 unspecified atom stereocenters. The van der Waals surface area contributed by atoms with Crippen LogP contribution in [-0.2, 0) is 14.9 Å². The van der Waals surface area contributed by atoms with Crippen molar-refractivity contribution in [3.05, 3.63) is 72.3 Å².